The zero-order chi connectivity index (χ0) is 13.4. The number of rotatable bonds is 8. The van der Waals surface area contributed by atoms with Crippen LogP contribution in [0.4, 0.5) is 4.79 Å². The van der Waals surface area contributed by atoms with E-state index in [2.05, 4.69) is 30.3 Å². The Bertz CT molecular complexity index is 281. The lowest BCUT2D eigenvalue weighted by Gasteiger charge is -2.36. The first kappa shape index (κ1) is 14.8. The summed E-state index contributed by atoms with van der Waals surface area (Å²) in [4.78, 5) is 16.0. The number of carbonyl (C=O) groups is 1. The quantitative estimate of drug-likeness (QED) is 0.668. The van der Waals surface area contributed by atoms with E-state index in [1.165, 1.54) is 0 Å². The molecular weight excluding hydrogens is 226 g/mol. The van der Waals surface area contributed by atoms with Crippen LogP contribution >= 0.6 is 0 Å². The molecule has 0 aromatic heterocycles. The van der Waals surface area contributed by atoms with Crippen molar-refractivity contribution in [2.24, 2.45) is 0 Å². The van der Waals surface area contributed by atoms with Crippen LogP contribution in [0, 0.1) is 0 Å². The molecule has 1 N–H and O–H groups in total. The highest BCUT2D eigenvalue weighted by atomic mass is 16.2. The predicted molar refractivity (Wildman–Crippen MR) is 75.6 cm³/mol. The maximum atomic E-state index is 11.8. The van der Waals surface area contributed by atoms with Gasteiger partial charge in [-0.2, -0.15) is 0 Å². The van der Waals surface area contributed by atoms with Gasteiger partial charge in [0.05, 0.1) is 0 Å². The molecule has 0 aromatic rings. The highest BCUT2D eigenvalue weighted by molar-refractivity contribution is 5.75. The summed E-state index contributed by atoms with van der Waals surface area (Å²) in [5, 5.41) is 2.91. The normalized spacial score (nSPS) is 19.8. The maximum absolute atomic E-state index is 11.8. The van der Waals surface area contributed by atoms with Gasteiger partial charge in [0.2, 0.25) is 0 Å². The van der Waals surface area contributed by atoms with Crippen molar-refractivity contribution in [1.29, 1.82) is 0 Å². The molecule has 18 heavy (non-hydrogen) atoms. The molecule has 4 heteroatoms. The highest BCUT2D eigenvalue weighted by Gasteiger charge is 2.26. The largest absolute Gasteiger partial charge is 0.338 e. The number of nitrogens with zero attached hydrogens (tertiary/aromatic N) is 2. The molecule has 2 amide bonds. The zero-order valence-electron chi connectivity index (χ0n) is 11.4. The Morgan fingerprint density at radius 3 is 2.67 bits per heavy atom. The van der Waals surface area contributed by atoms with Gasteiger partial charge in [-0.05, 0) is 12.8 Å². The SMILES string of the molecule is C=CCN(CC=C)CCN1C(=O)NCCC1CC. The summed E-state index contributed by atoms with van der Waals surface area (Å²) < 4.78 is 0. The molecular formula is C14H25N3O. The van der Waals surface area contributed by atoms with Crippen LogP contribution in [-0.4, -0.2) is 54.6 Å². The molecule has 1 aliphatic heterocycles. The number of hydrogen-bond acceptors (Lipinski definition) is 2. The fraction of sp³-hybridized carbons (Fsp3) is 0.643. The summed E-state index contributed by atoms with van der Waals surface area (Å²) in [5.74, 6) is 0. The summed E-state index contributed by atoms with van der Waals surface area (Å²) in [6.07, 6.45) is 5.84. The van der Waals surface area contributed by atoms with Crippen molar-refractivity contribution in [3.8, 4) is 0 Å². The van der Waals surface area contributed by atoms with E-state index in [1.54, 1.807) is 0 Å². The number of hydrogen-bond donors (Lipinski definition) is 1. The number of carbonyl (C=O) groups excluding carboxylic acids is 1. The van der Waals surface area contributed by atoms with Gasteiger partial charge in [-0.25, -0.2) is 4.79 Å². The summed E-state index contributed by atoms with van der Waals surface area (Å²) in [6.45, 7) is 13.7. The Kier molecular flexibility index (Phi) is 6.50. The van der Waals surface area contributed by atoms with Crippen molar-refractivity contribution in [2.45, 2.75) is 25.8 Å². The molecule has 1 atom stereocenters. The third-order valence-corrected chi connectivity index (χ3v) is 3.36. The van der Waals surface area contributed by atoms with Crippen LogP contribution < -0.4 is 5.32 Å². The average molecular weight is 251 g/mol. The minimum Gasteiger partial charge on any atom is -0.338 e. The van der Waals surface area contributed by atoms with E-state index in [1.807, 2.05) is 17.1 Å². The van der Waals surface area contributed by atoms with Gasteiger partial charge in [-0.3, -0.25) is 4.90 Å². The van der Waals surface area contributed by atoms with E-state index in [0.29, 0.717) is 6.04 Å². The van der Waals surface area contributed by atoms with E-state index in [4.69, 9.17) is 0 Å². The lowest BCUT2D eigenvalue weighted by Crippen LogP contribution is -2.54. The third-order valence-electron chi connectivity index (χ3n) is 3.36. The van der Waals surface area contributed by atoms with Gasteiger partial charge in [0.15, 0.2) is 0 Å². The third kappa shape index (κ3) is 4.18. The first-order valence-electron chi connectivity index (χ1n) is 6.71. The Labute approximate surface area is 110 Å². The molecule has 0 radical (unpaired) electrons. The summed E-state index contributed by atoms with van der Waals surface area (Å²) in [5.41, 5.74) is 0. The van der Waals surface area contributed by atoms with Crippen LogP contribution in [-0.2, 0) is 0 Å². The lowest BCUT2D eigenvalue weighted by atomic mass is 10.1. The average Bonchev–Trinajstić information content (AvgIpc) is 2.37. The van der Waals surface area contributed by atoms with Gasteiger partial charge in [-0.1, -0.05) is 19.1 Å². The second-order valence-corrected chi connectivity index (χ2v) is 4.61. The summed E-state index contributed by atoms with van der Waals surface area (Å²) in [7, 11) is 0. The van der Waals surface area contributed by atoms with Crippen molar-refractivity contribution in [1.82, 2.24) is 15.1 Å². The molecule has 4 nitrogen and oxygen atoms in total. The van der Waals surface area contributed by atoms with Crippen LogP contribution in [0.1, 0.15) is 19.8 Å². The smallest absolute Gasteiger partial charge is 0.317 e. The molecule has 0 aliphatic carbocycles. The Morgan fingerprint density at radius 1 is 1.44 bits per heavy atom. The molecule has 102 valence electrons. The Morgan fingerprint density at radius 2 is 2.11 bits per heavy atom. The fourth-order valence-corrected chi connectivity index (χ4v) is 2.35. The van der Waals surface area contributed by atoms with Crippen molar-refractivity contribution in [3.63, 3.8) is 0 Å². The molecule has 1 unspecified atom stereocenters. The van der Waals surface area contributed by atoms with Crippen LogP contribution in [0.15, 0.2) is 25.3 Å². The van der Waals surface area contributed by atoms with E-state index < -0.39 is 0 Å². The molecule has 0 aromatic carbocycles. The van der Waals surface area contributed by atoms with Crippen molar-refractivity contribution in [3.05, 3.63) is 25.3 Å². The van der Waals surface area contributed by atoms with E-state index in [9.17, 15) is 4.79 Å². The van der Waals surface area contributed by atoms with Crippen LogP contribution in [0.5, 0.6) is 0 Å². The molecule has 1 rings (SSSR count). The molecule has 1 heterocycles. The topological polar surface area (TPSA) is 35.6 Å². The highest BCUT2D eigenvalue weighted by Crippen LogP contribution is 2.12. The minimum absolute atomic E-state index is 0.0743. The standard InChI is InChI=1S/C14H25N3O/c1-4-9-16(10-5-2)11-12-17-13(6-3)7-8-15-14(17)18/h4-5,13H,1-2,6-12H2,3H3,(H,15,18). The summed E-state index contributed by atoms with van der Waals surface area (Å²) >= 11 is 0. The van der Waals surface area contributed by atoms with Gasteiger partial charge in [0.1, 0.15) is 0 Å². The van der Waals surface area contributed by atoms with Crippen LogP contribution in [0.2, 0.25) is 0 Å². The first-order valence-corrected chi connectivity index (χ1v) is 6.71. The van der Waals surface area contributed by atoms with Crippen LogP contribution in [0.25, 0.3) is 0 Å². The van der Waals surface area contributed by atoms with Gasteiger partial charge in [0, 0.05) is 38.8 Å². The second-order valence-electron chi connectivity index (χ2n) is 4.61. The number of amides is 2. The van der Waals surface area contributed by atoms with E-state index >= 15 is 0 Å². The molecule has 1 fully saturated rings. The lowest BCUT2D eigenvalue weighted by molar-refractivity contribution is 0.141. The molecule has 0 saturated carbocycles. The van der Waals surface area contributed by atoms with Crippen molar-refractivity contribution < 1.29 is 4.79 Å². The Hall–Kier alpha value is -1.29. The fourth-order valence-electron chi connectivity index (χ4n) is 2.35. The second kappa shape index (κ2) is 7.93. The Balaban J connectivity index is 2.49. The van der Waals surface area contributed by atoms with Gasteiger partial charge >= 0.3 is 6.03 Å². The van der Waals surface area contributed by atoms with Crippen LogP contribution in [0.3, 0.4) is 0 Å². The molecule has 0 bridgehead atoms. The zero-order valence-corrected chi connectivity index (χ0v) is 11.4. The molecule has 1 aliphatic rings. The van der Waals surface area contributed by atoms with E-state index in [0.717, 1.165) is 45.6 Å². The van der Waals surface area contributed by atoms with Gasteiger partial charge in [-0.15, -0.1) is 13.2 Å². The van der Waals surface area contributed by atoms with Crippen molar-refractivity contribution >= 4 is 6.03 Å². The predicted octanol–water partition coefficient (Wildman–Crippen LogP) is 1.85. The summed E-state index contributed by atoms with van der Waals surface area (Å²) in [6, 6.07) is 0.457. The first-order chi connectivity index (χ1) is 8.72. The van der Waals surface area contributed by atoms with Crippen molar-refractivity contribution in [2.75, 3.05) is 32.7 Å². The molecule has 1 saturated heterocycles. The van der Waals surface area contributed by atoms with E-state index in [-0.39, 0.29) is 6.03 Å². The molecule has 0 spiro atoms. The monoisotopic (exact) mass is 251 g/mol. The van der Waals surface area contributed by atoms with Gasteiger partial charge < -0.3 is 10.2 Å². The number of urea groups is 1. The minimum atomic E-state index is 0.0743. The number of nitrogens with one attached hydrogen (secondary N) is 1. The van der Waals surface area contributed by atoms with Gasteiger partial charge in [0.25, 0.3) is 0 Å². The maximum Gasteiger partial charge on any atom is 0.317 e.